The number of unbranched alkanes of at least 4 members (excludes halogenated alkanes) is 1. The van der Waals surface area contributed by atoms with Crippen LogP contribution >= 0.6 is 0 Å². The summed E-state index contributed by atoms with van der Waals surface area (Å²) in [6.45, 7) is 1.06. The molecule has 0 aromatic carbocycles. The molecular formula is C30H51NO12. The molecule has 1 amide bonds. The molecule has 6 aliphatic rings. The van der Waals surface area contributed by atoms with Crippen molar-refractivity contribution in [2.75, 3.05) is 26.4 Å². The maximum Gasteiger partial charge on any atom is 0.220 e. The monoisotopic (exact) mass is 617 g/mol. The van der Waals surface area contributed by atoms with Gasteiger partial charge in [0, 0.05) is 13.0 Å². The molecule has 2 aliphatic heterocycles. The molecule has 2 saturated heterocycles. The second-order valence-electron chi connectivity index (χ2n) is 13.5. The summed E-state index contributed by atoms with van der Waals surface area (Å²) in [6, 6.07) is 0. The largest absolute Gasteiger partial charge is 0.394 e. The first kappa shape index (κ1) is 33.4. The lowest BCUT2D eigenvalue weighted by atomic mass is 9.43. The second kappa shape index (κ2) is 14.2. The van der Waals surface area contributed by atoms with E-state index in [1.54, 1.807) is 0 Å². The number of hydrogen-bond acceptors (Lipinski definition) is 12. The summed E-state index contributed by atoms with van der Waals surface area (Å²) in [5, 5.41) is 74.0. The van der Waals surface area contributed by atoms with Crippen LogP contribution in [0.25, 0.3) is 0 Å². The van der Waals surface area contributed by atoms with E-state index in [1.165, 1.54) is 32.1 Å². The van der Waals surface area contributed by atoms with E-state index in [2.05, 4.69) is 12.2 Å². The SMILES string of the molecule is CCCCC1(CC(=O)NCCO[C@@H]2O[C@H](CO)[C@@H](O[C@H]3O[C@H](CO)[C@@H](O)[C@H](O)[C@H]3O)[C@H](O)[C@H]2O)C2CC3CC(C2)CC1C3. The van der Waals surface area contributed by atoms with Crippen molar-refractivity contribution in [3.8, 4) is 0 Å². The minimum atomic E-state index is -1.74. The number of nitrogens with one attached hydrogen (secondary N) is 1. The molecule has 0 aromatic rings. The fraction of sp³-hybridized carbons (Fsp3) is 0.967. The van der Waals surface area contributed by atoms with Crippen LogP contribution in [0.15, 0.2) is 0 Å². The van der Waals surface area contributed by atoms with Crippen LogP contribution in [0.4, 0.5) is 0 Å². The molecule has 8 N–H and O–H groups in total. The van der Waals surface area contributed by atoms with Crippen molar-refractivity contribution in [3.05, 3.63) is 0 Å². The first-order valence-corrected chi connectivity index (χ1v) is 16.1. The van der Waals surface area contributed by atoms with Crippen molar-refractivity contribution in [2.45, 2.75) is 126 Å². The molecule has 4 saturated carbocycles. The van der Waals surface area contributed by atoms with Crippen LogP contribution in [0.2, 0.25) is 0 Å². The van der Waals surface area contributed by atoms with E-state index >= 15 is 0 Å². The maximum absolute atomic E-state index is 13.2. The number of aliphatic hydroxyl groups excluding tert-OH is 7. The Morgan fingerprint density at radius 1 is 0.814 bits per heavy atom. The van der Waals surface area contributed by atoms with Crippen LogP contribution in [-0.4, -0.2) is 129 Å². The molecule has 0 radical (unpaired) electrons. The summed E-state index contributed by atoms with van der Waals surface area (Å²) < 4.78 is 22.2. The first-order chi connectivity index (χ1) is 20.6. The average Bonchev–Trinajstić information content (AvgIpc) is 2.99. The van der Waals surface area contributed by atoms with Crippen molar-refractivity contribution < 1.29 is 59.5 Å². The van der Waals surface area contributed by atoms with Gasteiger partial charge in [0.25, 0.3) is 0 Å². The summed E-state index contributed by atoms with van der Waals surface area (Å²) in [7, 11) is 0. The Labute approximate surface area is 252 Å². The van der Waals surface area contributed by atoms with Crippen LogP contribution in [-0.2, 0) is 23.7 Å². The molecule has 0 unspecified atom stereocenters. The van der Waals surface area contributed by atoms with Crippen LogP contribution in [0, 0.1) is 29.1 Å². The van der Waals surface area contributed by atoms with E-state index in [1.807, 2.05) is 0 Å². The standard InChI is InChI=1S/C30H51NO12/c1-2-3-4-30(17-8-15-7-16(10-17)11-18(30)9-15)12-21(34)31-5-6-40-28-26(39)24(37)27(20(14-33)42-28)43-29-25(38)23(36)22(35)19(13-32)41-29/h15-20,22-29,32-33,35-39H,2-14H2,1H3,(H,31,34)/t15?,16?,17?,18?,19-,20-,22-,23+,24-,25-,26-,27-,28-,29-,30?/m1/s1. The van der Waals surface area contributed by atoms with Gasteiger partial charge in [0.15, 0.2) is 12.6 Å². The van der Waals surface area contributed by atoms with Gasteiger partial charge in [-0.15, -0.1) is 0 Å². The fourth-order valence-corrected chi connectivity index (χ4v) is 8.83. The maximum atomic E-state index is 13.2. The highest BCUT2D eigenvalue weighted by molar-refractivity contribution is 5.76. The Morgan fingerprint density at radius 3 is 2.02 bits per heavy atom. The van der Waals surface area contributed by atoms with Crippen LogP contribution in [0.3, 0.4) is 0 Å². The highest BCUT2D eigenvalue weighted by Crippen LogP contribution is 2.65. The lowest BCUT2D eigenvalue weighted by Gasteiger charge is -2.61. The second-order valence-corrected chi connectivity index (χ2v) is 13.5. The number of amides is 1. The Morgan fingerprint density at radius 2 is 1.42 bits per heavy atom. The van der Waals surface area contributed by atoms with Gasteiger partial charge in [-0.05, 0) is 67.6 Å². The summed E-state index contributed by atoms with van der Waals surface area (Å²) in [5.74, 6) is 2.90. The Kier molecular flexibility index (Phi) is 11.0. The smallest absolute Gasteiger partial charge is 0.220 e. The van der Waals surface area contributed by atoms with Gasteiger partial charge in [-0.1, -0.05) is 19.8 Å². The highest BCUT2D eigenvalue weighted by Gasteiger charge is 2.57. The third-order valence-corrected chi connectivity index (χ3v) is 10.9. The highest BCUT2D eigenvalue weighted by atomic mass is 16.7. The molecule has 4 bridgehead atoms. The van der Waals surface area contributed by atoms with Crippen molar-refractivity contribution in [3.63, 3.8) is 0 Å². The molecule has 10 atom stereocenters. The molecular weight excluding hydrogens is 566 g/mol. The van der Waals surface area contributed by atoms with Gasteiger partial charge in [0.05, 0.1) is 19.8 Å². The van der Waals surface area contributed by atoms with Gasteiger partial charge in [-0.25, -0.2) is 0 Å². The summed E-state index contributed by atoms with van der Waals surface area (Å²) in [6.07, 6.45) is -4.85. The molecule has 6 rings (SSSR count). The average molecular weight is 618 g/mol. The summed E-state index contributed by atoms with van der Waals surface area (Å²) in [4.78, 5) is 13.2. The van der Waals surface area contributed by atoms with Crippen molar-refractivity contribution in [1.29, 1.82) is 0 Å². The van der Waals surface area contributed by atoms with Gasteiger partial charge in [0.1, 0.15) is 48.8 Å². The van der Waals surface area contributed by atoms with Crippen LogP contribution in [0.5, 0.6) is 0 Å². The number of hydrogen-bond donors (Lipinski definition) is 8. The third kappa shape index (κ3) is 6.78. The molecule has 248 valence electrons. The molecule has 0 spiro atoms. The number of rotatable bonds is 13. The van der Waals surface area contributed by atoms with E-state index in [0.717, 1.165) is 31.1 Å². The zero-order chi connectivity index (χ0) is 30.9. The number of carbonyl (C=O) groups is 1. The molecule has 2 heterocycles. The zero-order valence-corrected chi connectivity index (χ0v) is 24.9. The molecule has 13 nitrogen and oxygen atoms in total. The van der Waals surface area contributed by atoms with Crippen LogP contribution < -0.4 is 5.32 Å². The lowest BCUT2D eigenvalue weighted by molar-refractivity contribution is -0.359. The van der Waals surface area contributed by atoms with Crippen molar-refractivity contribution in [1.82, 2.24) is 5.32 Å². The molecule has 43 heavy (non-hydrogen) atoms. The Balaban J connectivity index is 1.11. The minimum Gasteiger partial charge on any atom is -0.394 e. The predicted octanol–water partition coefficient (Wildman–Crippen LogP) is -1.23. The Hall–Kier alpha value is -0.970. The van der Waals surface area contributed by atoms with E-state index in [4.69, 9.17) is 18.9 Å². The predicted molar refractivity (Wildman–Crippen MR) is 149 cm³/mol. The normalized spacial score (nSPS) is 47.5. The first-order valence-electron chi connectivity index (χ1n) is 16.1. The van der Waals surface area contributed by atoms with E-state index in [0.29, 0.717) is 18.3 Å². The number of ether oxygens (including phenoxy) is 4. The van der Waals surface area contributed by atoms with Gasteiger partial charge < -0.3 is 60.0 Å². The minimum absolute atomic E-state index is 0.00134. The molecule has 0 aromatic heterocycles. The number of carbonyl (C=O) groups excluding carboxylic acids is 1. The van der Waals surface area contributed by atoms with Gasteiger partial charge >= 0.3 is 0 Å². The van der Waals surface area contributed by atoms with Gasteiger partial charge in [-0.3, -0.25) is 4.79 Å². The van der Waals surface area contributed by atoms with E-state index in [9.17, 15) is 40.5 Å². The van der Waals surface area contributed by atoms with Crippen LogP contribution in [0.1, 0.15) is 64.7 Å². The topological polar surface area (TPSA) is 208 Å². The third-order valence-electron chi connectivity index (χ3n) is 10.9. The molecule has 4 aliphatic carbocycles. The molecule has 6 fully saturated rings. The zero-order valence-electron chi connectivity index (χ0n) is 24.9. The van der Waals surface area contributed by atoms with Gasteiger partial charge in [-0.2, -0.15) is 0 Å². The van der Waals surface area contributed by atoms with Gasteiger partial charge in [0.2, 0.25) is 5.91 Å². The summed E-state index contributed by atoms with van der Waals surface area (Å²) >= 11 is 0. The fourth-order valence-electron chi connectivity index (χ4n) is 8.83. The Bertz CT molecular complexity index is 892. The summed E-state index contributed by atoms with van der Waals surface area (Å²) in [5.41, 5.74) is 0.0749. The quantitative estimate of drug-likeness (QED) is 0.114. The number of aliphatic hydroxyl groups is 7. The lowest BCUT2D eigenvalue weighted by Crippen LogP contribution is -2.64. The van der Waals surface area contributed by atoms with E-state index < -0.39 is 74.6 Å². The van der Waals surface area contributed by atoms with Crippen molar-refractivity contribution >= 4 is 5.91 Å². The van der Waals surface area contributed by atoms with Crippen molar-refractivity contribution in [2.24, 2.45) is 29.1 Å². The molecule has 13 heteroatoms. The van der Waals surface area contributed by atoms with E-state index in [-0.39, 0.29) is 24.5 Å².